The first kappa shape index (κ1) is 15.7. The molecule has 1 aromatic heterocycles. The molecule has 5 heteroatoms. The minimum absolute atomic E-state index is 0.0320. The van der Waals surface area contributed by atoms with Crippen molar-refractivity contribution < 1.29 is 10.2 Å². The van der Waals surface area contributed by atoms with Crippen LogP contribution in [0.3, 0.4) is 0 Å². The van der Waals surface area contributed by atoms with Crippen LogP contribution in [0.4, 0.5) is 0 Å². The molecule has 0 saturated carbocycles. The van der Waals surface area contributed by atoms with Gasteiger partial charge in [0.05, 0.1) is 0 Å². The second kappa shape index (κ2) is 5.81. The summed E-state index contributed by atoms with van der Waals surface area (Å²) >= 11 is 0. The van der Waals surface area contributed by atoms with E-state index < -0.39 is 0 Å². The molecule has 2 N–H and O–H groups in total. The zero-order chi connectivity index (χ0) is 16.6. The maximum atomic E-state index is 9.61. The van der Waals surface area contributed by atoms with E-state index in [0.29, 0.717) is 0 Å². The third-order valence-electron chi connectivity index (χ3n) is 4.13. The van der Waals surface area contributed by atoms with Crippen LogP contribution in [0.2, 0.25) is 0 Å². The Bertz CT molecular complexity index is 723. The molecule has 0 unspecified atom stereocenters. The summed E-state index contributed by atoms with van der Waals surface area (Å²) in [5, 5.41) is 19.0. The maximum Gasteiger partial charge on any atom is 0.157 e. The molecular weight excluding hydrogens is 290 g/mol. The smallest absolute Gasteiger partial charge is 0.157 e. The van der Waals surface area contributed by atoms with E-state index >= 15 is 0 Å². The summed E-state index contributed by atoms with van der Waals surface area (Å²) in [6, 6.07) is 4.98. The van der Waals surface area contributed by atoms with Gasteiger partial charge in [0.25, 0.3) is 0 Å². The molecule has 3 rings (SSSR count). The SMILES string of the molecule is CC(C)(C)c1ncc2c(n1)CCN(Cc1ccc(O)c(O)c1)C2. The summed E-state index contributed by atoms with van der Waals surface area (Å²) in [5.41, 5.74) is 3.27. The van der Waals surface area contributed by atoms with E-state index in [-0.39, 0.29) is 16.9 Å². The fourth-order valence-corrected chi connectivity index (χ4v) is 2.80. The van der Waals surface area contributed by atoms with Crippen LogP contribution in [-0.2, 0) is 24.9 Å². The van der Waals surface area contributed by atoms with Gasteiger partial charge in [0.1, 0.15) is 5.82 Å². The quantitative estimate of drug-likeness (QED) is 0.834. The molecule has 0 atom stereocenters. The Morgan fingerprint density at radius 2 is 1.96 bits per heavy atom. The molecule has 1 aliphatic rings. The molecular formula is C18H23N3O2. The van der Waals surface area contributed by atoms with Crippen molar-refractivity contribution in [3.63, 3.8) is 0 Å². The number of fused-ring (bicyclic) bond motifs is 1. The van der Waals surface area contributed by atoms with E-state index in [2.05, 4.69) is 30.7 Å². The molecule has 5 nitrogen and oxygen atoms in total. The summed E-state index contributed by atoms with van der Waals surface area (Å²) in [6.45, 7) is 8.84. The van der Waals surface area contributed by atoms with Crippen molar-refractivity contribution in [1.82, 2.24) is 14.9 Å². The highest BCUT2D eigenvalue weighted by Gasteiger charge is 2.23. The van der Waals surface area contributed by atoms with Gasteiger partial charge in [-0.1, -0.05) is 26.8 Å². The third kappa shape index (κ3) is 3.45. The van der Waals surface area contributed by atoms with Gasteiger partial charge in [0.2, 0.25) is 0 Å². The fraction of sp³-hybridized carbons (Fsp3) is 0.444. The van der Waals surface area contributed by atoms with E-state index in [1.165, 1.54) is 11.6 Å². The highest BCUT2D eigenvalue weighted by molar-refractivity contribution is 5.40. The zero-order valence-corrected chi connectivity index (χ0v) is 13.9. The molecule has 0 amide bonds. The first-order chi connectivity index (χ1) is 10.8. The van der Waals surface area contributed by atoms with Gasteiger partial charge < -0.3 is 10.2 Å². The van der Waals surface area contributed by atoms with E-state index in [1.54, 1.807) is 6.07 Å². The Morgan fingerprint density at radius 1 is 1.17 bits per heavy atom. The number of benzene rings is 1. The molecule has 0 fully saturated rings. The Labute approximate surface area is 136 Å². The van der Waals surface area contributed by atoms with E-state index in [9.17, 15) is 10.2 Å². The Hall–Kier alpha value is -2.14. The number of hydrogen-bond acceptors (Lipinski definition) is 5. The zero-order valence-electron chi connectivity index (χ0n) is 13.9. The van der Waals surface area contributed by atoms with Crippen molar-refractivity contribution in [2.45, 2.75) is 45.7 Å². The average molecular weight is 313 g/mol. The van der Waals surface area contributed by atoms with Crippen molar-refractivity contribution in [2.75, 3.05) is 6.54 Å². The molecule has 0 aliphatic carbocycles. The van der Waals surface area contributed by atoms with Crippen molar-refractivity contribution in [2.24, 2.45) is 0 Å². The molecule has 2 aromatic rings. The molecule has 2 heterocycles. The summed E-state index contributed by atoms with van der Waals surface area (Å²) in [5.74, 6) is 0.743. The number of nitrogens with zero attached hydrogens (tertiary/aromatic N) is 3. The Balaban J connectivity index is 1.74. The highest BCUT2D eigenvalue weighted by atomic mass is 16.3. The molecule has 0 saturated heterocycles. The predicted molar refractivity (Wildman–Crippen MR) is 88.3 cm³/mol. The third-order valence-corrected chi connectivity index (χ3v) is 4.13. The second-order valence-corrected chi connectivity index (χ2v) is 7.20. The van der Waals surface area contributed by atoms with Gasteiger partial charge in [-0.15, -0.1) is 0 Å². The van der Waals surface area contributed by atoms with Crippen molar-refractivity contribution >= 4 is 0 Å². The normalized spacial score (nSPS) is 15.4. The summed E-state index contributed by atoms with van der Waals surface area (Å²) in [4.78, 5) is 11.6. The van der Waals surface area contributed by atoms with Crippen LogP contribution in [0, 0.1) is 0 Å². The summed E-state index contributed by atoms with van der Waals surface area (Å²) < 4.78 is 0. The lowest BCUT2D eigenvalue weighted by molar-refractivity contribution is 0.241. The first-order valence-electron chi connectivity index (χ1n) is 7.91. The number of phenolic OH excluding ortho intramolecular Hbond substituents is 2. The van der Waals surface area contributed by atoms with Crippen LogP contribution in [0.5, 0.6) is 11.5 Å². The summed E-state index contributed by atoms with van der Waals surface area (Å²) in [6.07, 6.45) is 2.86. The number of aromatic nitrogens is 2. The van der Waals surface area contributed by atoms with E-state index in [4.69, 9.17) is 4.98 Å². The topological polar surface area (TPSA) is 69.5 Å². The first-order valence-corrected chi connectivity index (χ1v) is 7.91. The van der Waals surface area contributed by atoms with Crippen LogP contribution in [-0.4, -0.2) is 31.6 Å². The lowest BCUT2D eigenvalue weighted by Crippen LogP contribution is -2.31. The number of rotatable bonds is 2. The standard InChI is InChI=1S/C18H23N3O2/c1-18(2,3)17-19-9-13-11-21(7-6-14(13)20-17)10-12-4-5-15(22)16(23)8-12/h4-5,8-9,22-23H,6-7,10-11H2,1-3H3. The van der Waals surface area contributed by atoms with Crippen molar-refractivity contribution in [3.05, 3.63) is 47.0 Å². The van der Waals surface area contributed by atoms with Crippen molar-refractivity contribution in [1.29, 1.82) is 0 Å². The molecule has 0 radical (unpaired) electrons. The Morgan fingerprint density at radius 3 is 2.65 bits per heavy atom. The van der Waals surface area contributed by atoms with E-state index in [0.717, 1.165) is 43.1 Å². The second-order valence-electron chi connectivity index (χ2n) is 7.20. The largest absolute Gasteiger partial charge is 0.504 e. The van der Waals surface area contributed by atoms with Crippen molar-refractivity contribution in [3.8, 4) is 11.5 Å². The molecule has 1 aromatic carbocycles. The minimum Gasteiger partial charge on any atom is -0.504 e. The average Bonchev–Trinajstić information content (AvgIpc) is 2.49. The lowest BCUT2D eigenvalue weighted by Gasteiger charge is -2.29. The molecule has 0 bridgehead atoms. The monoisotopic (exact) mass is 313 g/mol. The van der Waals surface area contributed by atoms with Gasteiger partial charge in [0, 0.05) is 48.9 Å². The van der Waals surface area contributed by atoms with Crippen LogP contribution >= 0.6 is 0 Å². The summed E-state index contributed by atoms with van der Waals surface area (Å²) in [7, 11) is 0. The minimum atomic E-state index is -0.0825. The molecule has 23 heavy (non-hydrogen) atoms. The fourth-order valence-electron chi connectivity index (χ4n) is 2.80. The predicted octanol–water partition coefficient (Wildman–Crippen LogP) is 2.74. The molecule has 1 aliphatic heterocycles. The van der Waals surface area contributed by atoms with Gasteiger partial charge in [-0.2, -0.15) is 0 Å². The van der Waals surface area contributed by atoms with Crippen LogP contribution in [0.1, 0.15) is 43.4 Å². The van der Waals surface area contributed by atoms with Crippen LogP contribution < -0.4 is 0 Å². The van der Waals surface area contributed by atoms with Crippen LogP contribution in [0.15, 0.2) is 24.4 Å². The highest BCUT2D eigenvalue weighted by Crippen LogP contribution is 2.27. The molecule has 122 valence electrons. The number of aromatic hydroxyl groups is 2. The number of hydrogen-bond donors (Lipinski definition) is 2. The van der Waals surface area contributed by atoms with Gasteiger partial charge in [-0.05, 0) is 17.7 Å². The molecule has 0 spiro atoms. The van der Waals surface area contributed by atoms with Gasteiger partial charge in [-0.3, -0.25) is 4.90 Å². The van der Waals surface area contributed by atoms with E-state index in [1.807, 2.05) is 12.3 Å². The van der Waals surface area contributed by atoms with Gasteiger partial charge in [-0.25, -0.2) is 9.97 Å². The maximum absolute atomic E-state index is 9.61. The lowest BCUT2D eigenvalue weighted by atomic mass is 9.95. The Kier molecular flexibility index (Phi) is 3.98. The number of phenols is 2. The van der Waals surface area contributed by atoms with Gasteiger partial charge >= 0.3 is 0 Å². The van der Waals surface area contributed by atoms with Gasteiger partial charge in [0.15, 0.2) is 11.5 Å². The van der Waals surface area contributed by atoms with Crippen LogP contribution in [0.25, 0.3) is 0 Å².